The van der Waals surface area contributed by atoms with Crippen LogP contribution in [0, 0.1) is 12.8 Å². The van der Waals surface area contributed by atoms with Crippen molar-refractivity contribution in [3.63, 3.8) is 0 Å². The maximum absolute atomic E-state index is 12.5. The fourth-order valence-electron chi connectivity index (χ4n) is 2.93. The Morgan fingerprint density at radius 3 is 2.62 bits per heavy atom. The zero-order chi connectivity index (χ0) is 15.2. The van der Waals surface area contributed by atoms with Crippen LogP contribution in [0.15, 0.2) is 18.2 Å². The smallest absolute Gasteiger partial charge is 0.253 e. The van der Waals surface area contributed by atoms with Gasteiger partial charge in [-0.2, -0.15) is 0 Å². The molecule has 1 aromatic rings. The minimum atomic E-state index is 0.0631. The summed E-state index contributed by atoms with van der Waals surface area (Å²) in [6.45, 7) is 7.38. The van der Waals surface area contributed by atoms with Crippen molar-refractivity contribution in [1.82, 2.24) is 5.32 Å². The van der Waals surface area contributed by atoms with E-state index in [0.29, 0.717) is 6.04 Å². The molecular formula is C18H28N2O. The van der Waals surface area contributed by atoms with Crippen molar-refractivity contribution in [2.75, 3.05) is 11.9 Å². The highest BCUT2D eigenvalue weighted by Gasteiger charge is 2.21. The normalized spacial score (nSPS) is 21.9. The number of benzene rings is 1. The van der Waals surface area contributed by atoms with Gasteiger partial charge in [-0.05, 0) is 62.6 Å². The average Bonchev–Trinajstić information content (AvgIpc) is 2.47. The first-order valence-electron chi connectivity index (χ1n) is 8.25. The summed E-state index contributed by atoms with van der Waals surface area (Å²) >= 11 is 0. The zero-order valence-electron chi connectivity index (χ0n) is 13.5. The number of anilines is 1. The molecule has 0 aliphatic heterocycles. The number of nitrogens with one attached hydrogen (secondary N) is 2. The second-order valence-electron chi connectivity index (χ2n) is 6.41. The Hall–Kier alpha value is -1.51. The van der Waals surface area contributed by atoms with E-state index >= 15 is 0 Å². The Balaban J connectivity index is 2.04. The van der Waals surface area contributed by atoms with Crippen LogP contribution in [0.25, 0.3) is 0 Å². The van der Waals surface area contributed by atoms with Gasteiger partial charge < -0.3 is 10.6 Å². The van der Waals surface area contributed by atoms with Gasteiger partial charge in [0.2, 0.25) is 0 Å². The van der Waals surface area contributed by atoms with Gasteiger partial charge in [0, 0.05) is 18.3 Å². The highest BCUT2D eigenvalue weighted by molar-refractivity contribution is 5.99. The average molecular weight is 288 g/mol. The van der Waals surface area contributed by atoms with E-state index in [0.717, 1.165) is 43.0 Å². The molecule has 1 saturated carbocycles. The molecule has 2 rings (SSSR count). The van der Waals surface area contributed by atoms with Gasteiger partial charge in [0.15, 0.2) is 0 Å². The van der Waals surface area contributed by atoms with Gasteiger partial charge in [0.1, 0.15) is 0 Å². The summed E-state index contributed by atoms with van der Waals surface area (Å²) in [5, 5.41) is 6.58. The van der Waals surface area contributed by atoms with E-state index in [1.165, 1.54) is 18.4 Å². The molecule has 116 valence electrons. The van der Waals surface area contributed by atoms with Gasteiger partial charge in [0.05, 0.1) is 5.56 Å². The van der Waals surface area contributed by atoms with Crippen molar-refractivity contribution in [1.29, 1.82) is 0 Å². The van der Waals surface area contributed by atoms with Crippen molar-refractivity contribution in [2.24, 2.45) is 5.92 Å². The van der Waals surface area contributed by atoms with E-state index < -0.39 is 0 Å². The first-order valence-corrected chi connectivity index (χ1v) is 8.25. The monoisotopic (exact) mass is 288 g/mol. The number of carbonyl (C=O) groups excluding carboxylic acids is 1. The van der Waals surface area contributed by atoms with E-state index in [9.17, 15) is 4.79 Å². The quantitative estimate of drug-likeness (QED) is 0.855. The lowest BCUT2D eigenvalue weighted by Crippen LogP contribution is -2.37. The van der Waals surface area contributed by atoms with Crippen molar-refractivity contribution >= 4 is 11.6 Å². The molecule has 1 aliphatic rings. The van der Waals surface area contributed by atoms with E-state index in [1.54, 1.807) is 0 Å². The maximum atomic E-state index is 12.5. The molecule has 0 saturated heterocycles. The molecule has 3 nitrogen and oxygen atoms in total. The number of aryl methyl sites for hydroxylation is 1. The Bertz CT molecular complexity index is 476. The topological polar surface area (TPSA) is 41.1 Å². The van der Waals surface area contributed by atoms with Gasteiger partial charge in [-0.15, -0.1) is 0 Å². The largest absolute Gasteiger partial charge is 0.384 e. The van der Waals surface area contributed by atoms with Crippen molar-refractivity contribution in [2.45, 2.75) is 58.9 Å². The highest BCUT2D eigenvalue weighted by atomic mass is 16.1. The number of hydrogen-bond acceptors (Lipinski definition) is 2. The fourth-order valence-corrected chi connectivity index (χ4v) is 2.93. The molecule has 0 spiro atoms. The van der Waals surface area contributed by atoms with Gasteiger partial charge in [-0.3, -0.25) is 4.79 Å². The zero-order valence-corrected chi connectivity index (χ0v) is 13.5. The van der Waals surface area contributed by atoms with Crippen LogP contribution in [0.5, 0.6) is 0 Å². The maximum Gasteiger partial charge on any atom is 0.253 e. The second-order valence-corrected chi connectivity index (χ2v) is 6.41. The number of rotatable bonds is 5. The molecule has 3 heteroatoms. The summed E-state index contributed by atoms with van der Waals surface area (Å²) in [6, 6.07) is 6.35. The Labute approximate surface area is 128 Å². The van der Waals surface area contributed by atoms with Crippen molar-refractivity contribution in [3.05, 3.63) is 29.3 Å². The van der Waals surface area contributed by atoms with Gasteiger partial charge in [-0.25, -0.2) is 0 Å². The molecule has 0 radical (unpaired) electrons. The number of hydrogen-bond donors (Lipinski definition) is 2. The van der Waals surface area contributed by atoms with Crippen molar-refractivity contribution in [3.8, 4) is 0 Å². The first kappa shape index (κ1) is 15.9. The van der Waals surface area contributed by atoms with Gasteiger partial charge in [0.25, 0.3) is 5.91 Å². The molecule has 0 aromatic heterocycles. The van der Waals surface area contributed by atoms with Gasteiger partial charge >= 0.3 is 0 Å². The third-order valence-electron chi connectivity index (χ3n) is 4.34. The summed E-state index contributed by atoms with van der Waals surface area (Å²) in [7, 11) is 0. The molecule has 2 N–H and O–H groups in total. The molecule has 0 heterocycles. The Morgan fingerprint density at radius 2 is 1.95 bits per heavy atom. The lowest BCUT2D eigenvalue weighted by Gasteiger charge is -2.27. The minimum Gasteiger partial charge on any atom is -0.384 e. The van der Waals surface area contributed by atoms with Crippen LogP contribution in [0.3, 0.4) is 0 Å². The molecule has 0 unspecified atom stereocenters. The van der Waals surface area contributed by atoms with Crippen LogP contribution in [0.4, 0.5) is 5.69 Å². The standard InChI is InChI=1S/C18H28N2O/c1-4-11-19-17-12-14(3)7-10-16(17)18(21)20-15-8-5-13(2)6-9-15/h7,10,12-13,15,19H,4-6,8-9,11H2,1-3H3,(H,20,21). The summed E-state index contributed by atoms with van der Waals surface area (Å²) in [5.74, 6) is 0.868. The summed E-state index contributed by atoms with van der Waals surface area (Å²) in [5.41, 5.74) is 2.91. The molecule has 0 atom stereocenters. The third kappa shape index (κ3) is 4.48. The van der Waals surface area contributed by atoms with Crippen LogP contribution in [-0.2, 0) is 0 Å². The van der Waals surface area contributed by atoms with E-state index in [2.05, 4.69) is 37.5 Å². The van der Waals surface area contributed by atoms with Gasteiger partial charge in [-0.1, -0.05) is 19.9 Å². The summed E-state index contributed by atoms with van der Waals surface area (Å²) in [6.07, 6.45) is 5.71. The molecule has 1 amide bonds. The Morgan fingerprint density at radius 1 is 1.24 bits per heavy atom. The summed E-state index contributed by atoms with van der Waals surface area (Å²) < 4.78 is 0. The minimum absolute atomic E-state index is 0.0631. The van der Waals surface area contributed by atoms with Crippen LogP contribution in [-0.4, -0.2) is 18.5 Å². The number of carbonyl (C=O) groups is 1. The lowest BCUT2D eigenvalue weighted by atomic mass is 9.87. The van der Waals surface area contributed by atoms with Crippen LogP contribution in [0.2, 0.25) is 0 Å². The predicted molar refractivity (Wildman–Crippen MR) is 88.8 cm³/mol. The summed E-state index contributed by atoms with van der Waals surface area (Å²) in [4.78, 5) is 12.5. The van der Waals surface area contributed by atoms with Crippen LogP contribution >= 0.6 is 0 Å². The predicted octanol–water partition coefficient (Wildman–Crippen LogP) is 4.13. The molecule has 1 fully saturated rings. The molecular weight excluding hydrogens is 260 g/mol. The molecule has 1 aromatic carbocycles. The molecule has 0 bridgehead atoms. The Kier molecular flexibility index (Phi) is 5.66. The van der Waals surface area contributed by atoms with E-state index in [-0.39, 0.29) is 5.91 Å². The second kappa shape index (κ2) is 7.48. The molecule has 1 aliphatic carbocycles. The first-order chi connectivity index (χ1) is 10.1. The van der Waals surface area contributed by atoms with Crippen molar-refractivity contribution < 1.29 is 4.79 Å². The third-order valence-corrected chi connectivity index (χ3v) is 4.34. The van der Waals surface area contributed by atoms with E-state index in [4.69, 9.17) is 0 Å². The van der Waals surface area contributed by atoms with Crippen LogP contribution < -0.4 is 10.6 Å². The van der Waals surface area contributed by atoms with E-state index in [1.807, 2.05) is 12.1 Å². The highest BCUT2D eigenvalue weighted by Crippen LogP contribution is 2.24. The molecule has 21 heavy (non-hydrogen) atoms. The van der Waals surface area contributed by atoms with Crippen LogP contribution in [0.1, 0.15) is 61.9 Å². The fraction of sp³-hybridized carbons (Fsp3) is 0.611. The number of amides is 1. The lowest BCUT2D eigenvalue weighted by molar-refractivity contribution is 0.0924. The SMILES string of the molecule is CCCNc1cc(C)ccc1C(=O)NC1CCC(C)CC1.